The Labute approximate surface area is 140 Å². The second-order valence-corrected chi connectivity index (χ2v) is 7.68. The van der Waals surface area contributed by atoms with Gasteiger partial charge in [0.1, 0.15) is 5.25 Å². The normalized spacial score (nSPS) is 26.3. The van der Waals surface area contributed by atoms with Crippen LogP contribution in [-0.4, -0.2) is 28.3 Å². The lowest BCUT2D eigenvalue weighted by atomic mass is 10.0. The molecule has 3 rings (SSSR count). The lowest BCUT2D eigenvalue weighted by Gasteiger charge is -2.08. The molecule has 3 N–H and O–H groups in total. The Kier molecular flexibility index (Phi) is 4.43. The molecule has 122 valence electrons. The van der Waals surface area contributed by atoms with Crippen molar-refractivity contribution in [2.75, 3.05) is 0 Å². The van der Waals surface area contributed by atoms with Crippen LogP contribution >= 0.6 is 11.8 Å². The topological polar surface area (TPSA) is 82.1 Å². The highest BCUT2D eigenvalue weighted by Gasteiger charge is 2.40. The fraction of sp³-hybridized carbons (Fsp3) is 0.471. The van der Waals surface area contributed by atoms with Crippen molar-refractivity contribution in [3.05, 3.63) is 35.4 Å². The van der Waals surface area contributed by atoms with Gasteiger partial charge in [0.2, 0.25) is 11.8 Å². The van der Waals surface area contributed by atoms with Gasteiger partial charge in [-0.2, -0.15) is 0 Å². The molecule has 1 saturated heterocycles. The minimum absolute atomic E-state index is 0.112. The number of rotatable bonds is 5. The summed E-state index contributed by atoms with van der Waals surface area (Å²) >= 11 is 1.11. The van der Waals surface area contributed by atoms with E-state index in [1.807, 2.05) is 0 Å². The Morgan fingerprint density at radius 3 is 2.65 bits per heavy atom. The van der Waals surface area contributed by atoms with Crippen molar-refractivity contribution in [3.63, 3.8) is 0 Å². The average molecular weight is 331 g/mol. The second kappa shape index (κ2) is 6.35. The average Bonchev–Trinajstić information content (AvgIpc) is 3.18. The minimum atomic E-state index is -0.468. The van der Waals surface area contributed by atoms with Gasteiger partial charge in [-0.3, -0.25) is 15.0 Å². The molecule has 1 aliphatic carbocycles. The maximum atomic E-state index is 12.0. The summed E-state index contributed by atoms with van der Waals surface area (Å²) in [6, 6.07) is 8.77. The molecule has 1 aliphatic heterocycles. The molecular weight excluding hydrogens is 310 g/mol. The van der Waals surface area contributed by atoms with E-state index < -0.39 is 5.25 Å². The summed E-state index contributed by atoms with van der Waals surface area (Å²) in [4.78, 5) is 23.6. The van der Waals surface area contributed by atoms with Crippen LogP contribution in [0.15, 0.2) is 24.3 Å². The monoisotopic (exact) mass is 331 g/mol. The minimum Gasteiger partial charge on any atom is -0.353 e. The number of carbonyl (C=O) groups excluding carboxylic acids is 2. The second-order valence-electron chi connectivity index (χ2n) is 6.47. The summed E-state index contributed by atoms with van der Waals surface area (Å²) in [7, 11) is 0. The van der Waals surface area contributed by atoms with Crippen LogP contribution in [0.5, 0.6) is 0 Å². The zero-order chi connectivity index (χ0) is 16.6. The van der Waals surface area contributed by atoms with E-state index in [9.17, 15) is 9.59 Å². The Hall–Kier alpha value is -1.82. The third kappa shape index (κ3) is 3.75. The molecule has 23 heavy (non-hydrogen) atoms. The van der Waals surface area contributed by atoms with E-state index in [4.69, 9.17) is 5.41 Å². The van der Waals surface area contributed by atoms with E-state index in [1.165, 1.54) is 11.1 Å². The number of thioether (sulfide) groups is 1. The largest absolute Gasteiger partial charge is 0.353 e. The van der Waals surface area contributed by atoms with Crippen LogP contribution in [0.1, 0.15) is 49.7 Å². The van der Waals surface area contributed by atoms with Crippen LogP contribution in [0.3, 0.4) is 0 Å². The van der Waals surface area contributed by atoms with Gasteiger partial charge in [0.25, 0.3) is 0 Å². The van der Waals surface area contributed by atoms with Gasteiger partial charge in [0.15, 0.2) is 5.17 Å². The number of carbonyl (C=O) groups is 2. The van der Waals surface area contributed by atoms with Gasteiger partial charge in [-0.25, -0.2) is 0 Å². The van der Waals surface area contributed by atoms with E-state index >= 15 is 0 Å². The first-order chi connectivity index (χ1) is 10.9. The third-order valence-electron chi connectivity index (χ3n) is 4.33. The highest BCUT2D eigenvalue weighted by atomic mass is 32.2. The summed E-state index contributed by atoms with van der Waals surface area (Å²) < 4.78 is 0. The SMILES string of the molecule is CC(C)c1ccc(C2CC2NC(=O)CC2SC(=N)NC2=O)cc1. The van der Waals surface area contributed by atoms with E-state index in [1.54, 1.807) is 0 Å². The van der Waals surface area contributed by atoms with Crippen LogP contribution < -0.4 is 10.6 Å². The number of benzene rings is 1. The van der Waals surface area contributed by atoms with Crippen LogP contribution in [0.4, 0.5) is 0 Å². The van der Waals surface area contributed by atoms with Gasteiger partial charge >= 0.3 is 0 Å². The quantitative estimate of drug-likeness (QED) is 0.774. The van der Waals surface area contributed by atoms with Gasteiger partial charge in [-0.1, -0.05) is 49.9 Å². The van der Waals surface area contributed by atoms with Gasteiger partial charge in [0.05, 0.1) is 0 Å². The first-order valence-corrected chi connectivity index (χ1v) is 8.77. The smallest absolute Gasteiger partial charge is 0.240 e. The van der Waals surface area contributed by atoms with Gasteiger partial charge in [0, 0.05) is 18.4 Å². The molecule has 0 spiro atoms. The Morgan fingerprint density at radius 2 is 2.09 bits per heavy atom. The van der Waals surface area contributed by atoms with Gasteiger partial charge < -0.3 is 10.6 Å². The van der Waals surface area contributed by atoms with Gasteiger partial charge in [-0.15, -0.1) is 0 Å². The number of nitrogens with one attached hydrogen (secondary N) is 3. The first-order valence-electron chi connectivity index (χ1n) is 7.89. The van der Waals surface area contributed by atoms with E-state index in [0.29, 0.717) is 11.8 Å². The Morgan fingerprint density at radius 1 is 1.39 bits per heavy atom. The zero-order valence-electron chi connectivity index (χ0n) is 13.3. The van der Waals surface area contributed by atoms with Crippen molar-refractivity contribution < 1.29 is 9.59 Å². The van der Waals surface area contributed by atoms with E-state index in [2.05, 4.69) is 48.7 Å². The molecular formula is C17H21N3O2S. The maximum Gasteiger partial charge on any atom is 0.240 e. The molecule has 5 nitrogen and oxygen atoms in total. The maximum absolute atomic E-state index is 12.0. The van der Waals surface area contributed by atoms with Gasteiger partial charge in [-0.05, 0) is 23.5 Å². The molecule has 2 amide bonds. The van der Waals surface area contributed by atoms with Crippen molar-refractivity contribution in [1.82, 2.24) is 10.6 Å². The lowest BCUT2D eigenvalue weighted by Crippen LogP contribution is -2.32. The molecule has 3 atom stereocenters. The molecule has 3 unspecified atom stereocenters. The Balaban J connectivity index is 1.50. The van der Waals surface area contributed by atoms with E-state index in [-0.39, 0.29) is 29.4 Å². The molecule has 0 bridgehead atoms. The van der Waals surface area contributed by atoms with Crippen LogP contribution in [-0.2, 0) is 9.59 Å². The molecule has 1 heterocycles. The third-order valence-corrected chi connectivity index (χ3v) is 5.33. The molecule has 6 heteroatoms. The number of hydrogen-bond acceptors (Lipinski definition) is 4. The molecule has 1 aromatic carbocycles. The highest BCUT2D eigenvalue weighted by molar-refractivity contribution is 8.15. The van der Waals surface area contributed by atoms with Crippen molar-refractivity contribution in [3.8, 4) is 0 Å². The highest BCUT2D eigenvalue weighted by Crippen LogP contribution is 2.41. The van der Waals surface area contributed by atoms with Crippen molar-refractivity contribution in [1.29, 1.82) is 5.41 Å². The standard InChI is InChI=1S/C17H21N3O2S/c1-9(2)10-3-5-11(6-4-10)12-7-13(12)19-15(21)8-14-16(22)20-17(18)23-14/h3-6,9,12-14H,7-8H2,1-2H3,(H,19,21)(H2,18,20,22). The molecule has 1 saturated carbocycles. The van der Waals surface area contributed by atoms with Crippen LogP contribution in [0.2, 0.25) is 0 Å². The number of amidine groups is 1. The first kappa shape index (κ1) is 16.1. The predicted molar refractivity (Wildman–Crippen MR) is 91.7 cm³/mol. The van der Waals surface area contributed by atoms with Crippen molar-refractivity contribution in [2.24, 2.45) is 0 Å². The lowest BCUT2D eigenvalue weighted by molar-refractivity contribution is -0.125. The fourth-order valence-corrected chi connectivity index (χ4v) is 3.68. The Bertz CT molecular complexity index is 642. The zero-order valence-corrected chi connectivity index (χ0v) is 14.1. The van der Waals surface area contributed by atoms with E-state index in [0.717, 1.165) is 18.2 Å². The predicted octanol–water partition coefficient (Wildman–Crippen LogP) is 2.34. The summed E-state index contributed by atoms with van der Waals surface area (Å²) in [5.41, 5.74) is 2.58. The summed E-state index contributed by atoms with van der Waals surface area (Å²) in [6.07, 6.45) is 1.08. The summed E-state index contributed by atoms with van der Waals surface area (Å²) in [6.45, 7) is 4.35. The van der Waals surface area contributed by atoms with Crippen molar-refractivity contribution >= 4 is 28.7 Å². The molecule has 0 radical (unpaired) electrons. The van der Waals surface area contributed by atoms with Crippen LogP contribution in [0.25, 0.3) is 0 Å². The van der Waals surface area contributed by atoms with Crippen LogP contribution in [0, 0.1) is 5.41 Å². The van der Waals surface area contributed by atoms with Crippen molar-refractivity contribution in [2.45, 2.75) is 49.8 Å². The number of amides is 2. The molecule has 0 aromatic heterocycles. The summed E-state index contributed by atoms with van der Waals surface area (Å²) in [5.74, 6) is 0.543. The molecule has 2 fully saturated rings. The fourth-order valence-electron chi connectivity index (χ4n) is 2.84. The summed E-state index contributed by atoms with van der Waals surface area (Å²) in [5, 5.41) is 12.5. The molecule has 2 aliphatic rings. The molecule has 1 aromatic rings. The number of hydrogen-bond donors (Lipinski definition) is 3.